The van der Waals surface area contributed by atoms with E-state index in [-0.39, 0.29) is 0 Å². The summed E-state index contributed by atoms with van der Waals surface area (Å²) in [4.78, 5) is 11.7. The number of hydrazine groups is 1. The minimum absolute atomic E-state index is 0.561. The van der Waals surface area contributed by atoms with Crippen molar-refractivity contribution in [1.29, 1.82) is 0 Å². The van der Waals surface area contributed by atoms with E-state index in [1.54, 1.807) is 6.20 Å². The molecule has 3 heterocycles. The fourth-order valence-electron chi connectivity index (χ4n) is 4.29. The third-order valence-electron chi connectivity index (χ3n) is 5.88. The van der Waals surface area contributed by atoms with Crippen molar-refractivity contribution in [2.24, 2.45) is 5.73 Å². The van der Waals surface area contributed by atoms with Gasteiger partial charge >= 0.3 is 0 Å². The van der Waals surface area contributed by atoms with Gasteiger partial charge in [0.1, 0.15) is 5.82 Å². The number of hydrogen-bond donors (Lipinski definition) is 3. The van der Waals surface area contributed by atoms with Gasteiger partial charge in [0.2, 0.25) is 0 Å². The Balaban J connectivity index is 1.48. The maximum absolute atomic E-state index is 6.80. The molecule has 4 N–H and O–H groups in total. The van der Waals surface area contributed by atoms with Crippen LogP contribution in [0.15, 0.2) is 72.6 Å². The maximum Gasteiger partial charge on any atom is 0.171 e. The van der Waals surface area contributed by atoms with Gasteiger partial charge in [0.25, 0.3) is 0 Å². The lowest BCUT2D eigenvalue weighted by Gasteiger charge is -2.32. The first kappa shape index (κ1) is 18.8. The van der Waals surface area contributed by atoms with Crippen LogP contribution in [0.1, 0.15) is 28.9 Å². The summed E-state index contributed by atoms with van der Waals surface area (Å²) in [5.74, 6) is 1.44. The predicted octanol–water partition coefficient (Wildman–Crippen LogP) is 3.22. The smallest absolute Gasteiger partial charge is 0.171 e. The van der Waals surface area contributed by atoms with Crippen LogP contribution < -0.4 is 21.5 Å². The van der Waals surface area contributed by atoms with E-state index in [1.807, 2.05) is 30.5 Å². The van der Waals surface area contributed by atoms with E-state index in [0.717, 1.165) is 37.2 Å². The zero-order valence-corrected chi connectivity index (χ0v) is 17.1. The summed E-state index contributed by atoms with van der Waals surface area (Å²) in [6.45, 7) is 3.07. The molecular formula is C24H26N6. The normalized spacial score (nSPS) is 20.5. The molecule has 2 aromatic carbocycles. The highest BCUT2D eigenvalue weighted by atomic mass is 15.5. The van der Waals surface area contributed by atoms with Crippen LogP contribution in [0.2, 0.25) is 0 Å². The minimum atomic E-state index is -0.961. The predicted molar refractivity (Wildman–Crippen MR) is 119 cm³/mol. The number of benzene rings is 2. The molecule has 30 heavy (non-hydrogen) atoms. The number of hydrogen-bond acceptors (Lipinski definition) is 6. The Morgan fingerprint density at radius 3 is 2.87 bits per heavy atom. The van der Waals surface area contributed by atoms with Crippen molar-refractivity contribution < 1.29 is 0 Å². The number of fused-ring (bicyclic) bond motifs is 1. The third-order valence-corrected chi connectivity index (χ3v) is 5.88. The SMILES string of the molecule is Cc1ccc2c(c1)CCCN2c1ccnc(C2(N)NNC=C2Cc2ccccc2)n1. The highest BCUT2D eigenvalue weighted by Gasteiger charge is 2.38. The average Bonchev–Trinajstić information content (AvgIpc) is 3.15. The van der Waals surface area contributed by atoms with E-state index in [2.05, 4.69) is 58.0 Å². The van der Waals surface area contributed by atoms with Gasteiger partial charge in [0, 0.05) is 24.6 Å². The molecule has 0 spiro atoms. The number of anilines is 2. The van der Waals surface area contributed by atoms with Gasteiger partial charge in [-0.2, -0.15) is 0 Å². The molecule has 1 aromatic heterocycles. The molecule has 6 nitrogen and oxygen atoms in total. The number of aryl methyl sites for hydroxylation is 2. The minimum Gasteiger partial charge on any atom is -0.326 e. The van der Waals surface area contributed by atoms with Crippen molar-refractivity contribution in [3.63, 3.8) is 0 Å². The first-order chi connectivity index (χ1) is 14.6. The number of nitrogens with zero attached hydrogens (tertiary/aromatic N) is 3. The van der Waals surface area contributed by atoms with Gasteiger partial charge in [0.05, 0.1) is 0 Å². The Kier molecular flexibility index (Phi) is 4.73. The number of nitrogens with two attached hydrogens (primary N) is 1. The van der Waals surface area contributed by atoms with Crippen LogP contribution in [-0.4, -0.2) is 16.5 Å². The molecule has 152 valence electrons. The summed E-state index contributed by atoms with van der Waals surface area (Å²) in [5.41, 5.74) is 18.2. The molecule has 0 aliphatic carbocycles. The van der Waals surface area contributed by atoms with Crippen molar-refractivity contribution in [2.75, 3.05) is 11.4 Å². The lowest BCUT2D eigenvalue weighted by molar-refractivity contribution is 0.385. The highest BCUT2D eigenvalue weighted by molar-refractivity contribution is 5.66. The van der Waals surface area contributed by atoms with Gasteiger partial charge in [0.15, 0.2) is 11.5 Å². The van der Waals surface area contributed by atoms with E-state index >= 15 is 0 Å². The average molecular weight is 399 g/mol. The molecule has 0 fully saturated rings. The van der Waals surface area contributed by atoms with Gasteiger partial charge in [-0.25, -0.2) is 15.4 Å². The van der Waals surface area contributed by atoms with Crippen LogP contribution >= 0.6 is 0 Å². The first-order valence-electron chi connectivity index (χ1n) is 10.4. The Bertz CT molecular complexity index is 1090. The molecule has 1 atom stereocenters. The molecule has 0 saturated carbocycles. The number of nitrogens with one attached hydrogen (secondary N) is 2. The van der Waals surface area contributed by atoms with E-state index < -0.39 is 5.66 Å². The zero-order valence-electron chi connectivity index (χ0n) is 17.1. The Morgan fingerprint density at radius 2 is 2.00 bits per heavy atom. The quantitative estimate of drug-likeness (QED) is 0.626. The second kappa shape index (κ2) is 7.55. The summed E-state index contributed by atoms with van der Waals surface area (Å²) >= 11 is 0. The lowest BCUT2D eigenvalue weighted by atomic mass is 9.95. The van der Waals surface area contributed by atoms with E-state index in [1.165, 1.54) is 22.4 Å². The first-order valence-corrected chi connectivity index (χ1v) is 10.4. The van der Waals surface area contributed by atoms with Crippen molar-refractivity contribution in [2.45, 2.75) is 31.8 Å². The van der Waals surface area contributed by atoms with Gasteiger partial charge in [-0.1, -0.05) is 48.0 Å². The van der Waals surface area contributed by atoms with Crippen LogP contribution in [0.4, 0.5) is 11.5 Å². The third kappa shape index (κ3) is 3.34. The molecule has 6 heteroatoms. The second-order valence-corrected chi connectivity index (χ2v) is 8.04. The summed E-state index contributed by atoms with van der Waals surface area (Å²) < 4.78 is 0. The van der Waals surface area contributed by atoms with E-state index in [0.29, 0.717) is 5.82 Å². The molecule has 0 amide bonds. The molecule has 1 unspecified atom stereocenters. The van der Waals surface area contributed by atoms with Crippen molar-refractivity contribution in [3.8, 4) is 0 Å². The molecule has 2 aliphatic heterocycles. The van der Waals surface area contributed by atoms with Crippen molar-refractivity contribution in [1.82, 2.24) is 20.8 Å². The molecule has 2 aliphatic rings. The molecule has 0 saturated heterocycles. The Morgan fingerprint density at radius 1 is 1.13 bits per heavy atom. The lowest BCUT2D eigenvalue weighted by Crippen LogP contribution is -2.53. The van der Waals surface area contributed by atoms with E-state index in [4.69, 9.17) is 10.7 Å². The van der Waals surface area contributed by atoms with E-state index in [9.17, 15) is 0 Å². The molecule has 0 bridgehead atoms. The zero-order chi connectivity index (χ0) is 20.6. The van der Waals surface area contributed by atoms with Crippen LogP contribution in [0.25, 0.3) is 0 Å². The Labute approximate surface area is 176 Å². The van der Waals surface area contributed by atoms with Crippen molar-refractivity contribution >= 4 is 11.5 Å². The monoisotopic (exact) mass is 398 g/mol. The van der Waals surface area contributed by atoms with Gasteiger partial charge in [-0.05, 0) is 55.0 Å². The standard InChI is InChI=1S/C24H26N6/c1-17-9-10-21-19(14-17)8-5-13-30(21)22-11-12-26-23(28-22)24(25)20(16-27-29-24)15-18-6-3-2-4-7-18/h2-4,6-7,9-12,14,16,27,29H,5,8,13,15,25H2,1H3. The summed E-state index contributed by atoms with van der Waals surface area (Å²) in [6, 6.07) is 18.9. The van der Waals surface area contributed by atoms with Gasteiger partial charge < -0.3 is 16.1 Å². The maximum atomic E-state index is 6.80. The Hall–Kier alpha value is -3.22. The van der Waals surface area contributed by atoms with Crippen LogP contribution in [0, 0.1) is 6.92 Å². The molecule has 5 rings (SSSR count). The second-order valence-electron chi connectivity index (χ2n) is 8.04. The molecule has 0 radical (unpaired) electrons. The largest absolute Gasteiger partial charge is 0.326 e. The van der Waals surface area contributed by atoms with Crippen LogP contribution in [0.5, 0.6) is 0 Å². The van der Waals surface area contributed by atoms with Crippen LogP contribution in [0.3, 0.4) is 0 Å². The van der Waals surface area contributed by atoms with Gasteiger partial charge in [-0.15, -0.1) is 0 Å². The summed E-state index contributed by atoms with van der Waals surface area (Å²) in [7, 11) is 0. The van der Waals surface area contributed by atoms with Crippen LogP contribution in [-0.2, 0) is 18.5 Å². The number of aromatic nitrogens is 2. The van der Waals surface area contributed by atoms with Gasteiger partial charge in [-0.3, -0.25) is 0 Å². The fourth-order valence-corrected chi connectivity index (χ4v) is 4.29. The summed E-state index contributed by atoms with van der Waals surface area (Å²) in [6.07, 6.45) is 6.64. The fraction of sp³-hybridized carbons (Fsp3) is 0.250. The topological polar surface area (TPSA) is 79.1 Å². The highest BCUT2D eigenvalue weighted by Crippen LogP contribution is 2.34. The molecule has 3 aromatic rings. The molecular weight excluding hydrogens is 372 g/mol. The summed E-state index contributed by atoms with van der Waals surface area (Å²) in [5, 5.41) is 0. The number of rotatable bonds is 4. The van der Waals surface area contributed by atoms with Crippen molar-refractivity contribution in [3.05, 3.63) is 95.1 Å².